The average Bonchev–Trinajstić information content (AvgIpc) is 3.00. The molecule has 0 unspecified atom stereocenters. The van der Waals surface area contributed by atoms with E-state index in [0.717, 1.165) is 37.8 Å². The van der Waals surface area contributed by atoms with E-state index in [-0.39, 0.29) is 16.9 Å². The molecule has 1 aliphatic rings. The molecule has 1 aliphatic carbocycles. The Kier molecular flexibility index (Phi) is 3.96. The van der Waals surface area contributed by atoms with Gasteiger partial charge in [0, 0.05) is 6.04 Å². The Bertz CT molecular complexity index is 556. The van der Waals surface area contributed by atoms with Crippen LogP contribution in [0.1, 0.15) is 43.2 Å². The van der Waals surface area contributed by atoms with Gasteiger partial charge in [0.2, 0.25) is 10.9 Å². The predicted molar refractivity (Wildman–Crippen MR) is 67.4 cm³/mol. The van der Waals surface area contributed by atoms with E-state index >= 15 is 0 Å². The van der Waals surface area contributed by atoms with Crippen LogP contribution in [0.25, 0.3) is 0 Å². The number of hydrogen-bond donors (Lipinski definition) is 2. The highest BCUT2D eigenvalue weighted by atomic mass is 32.2. The summed E-state index contributed by atoms with van der Waals surface area (Å²) in [5, 5.41) is 8.36. The molecule has 1 atom stereocenters. The van der Waals surface area contributed by atoms with Crippen molar-refractivity contribution in [2.45, 2.75) is 43.7 Å². The third-order valence-corrected chi connectivity index (χ3v) is 4.94. The average molecular weight is 287 g/mol. The number of furan rings is 1. The normalized spacial score (nSPS) is 18.6. The Morgan fingerprint density at radius 3 is 2.58 bits per heavy atom. The van der Waals surface area contributed by atoms with Gasteiger partial charge in [0.05, 0.1) is 0 Å². The minimum absolute atomic E-state index is 0.175. The van der Waals surface area contributed by atoms with E-state index in [4.69, 9.17) is 9.52 Å². The first-order chi connectivity index (χ1) is 8.90. The van der Waals surface area contributed by atoms with E-state index in [9.17, 15) is 13.2 Å². The molecule has 0 bridgehead atoms. The molecule has 0 radical (unpaired) electrons. The summed E-state index contributed by atoms with van der Waals surface area (Å²) in [5.74, 6) is -1.33. The zero-order valence-electron chi connectivity index (χ0n) is 10.6. The van der Waals surface area contributed by atoms with Gasteiger partial charge in [-0.2, -0.15) is 0 Å². The Labute approximate surface area is 111 Å². The minimum atomic E-state index is -3.79. The molecular formula is C12H17NO5S. The van der Waals surface area contributed by atoms with Crippen LogP contribution in [-0.2, 0) is 10.0 Å². The van der Waals surface area contributed by atoms with E-state index in [0.29, 0.717) is 5.92 Å². The summed E-state index contributed by atoms with van der Waals surface area (Å²) in [5.41, 5.74) is 0. The summed E-state index contributed by atoms with van der Waals surface area (Å²) in [7, 11) is -3.79. The molecule has 0 spiro atoms. The van der Waals surface area contributed by atoms with Crippen molar-refractivity contribution in [2.24, 2.45) is 5.92 Å². The zero-order chi connectivity index (χ0) is 14.0. The van der Waals surface area contributed by atoms with Gasteiger partial charge in [-0.05, 0) is 37.8 Å². The number of carboxylic acid groups (broad SMARTS) is 1. The van der Waals surface area contributed by atoms with Gasteiger partial charge >= 0.3 is 5.97 Å². The summed E-state index contributed by atoms with van der Waals surface area (Å²) in [4.78, 5) is 10.7. The smallest absolute Gasteiger partial charge is 0.371 e. The lowest BCUT2D eigenvalue weighted by atomic mass is 10.0. The maximum absolute atomic E-state index is 12.0. The molecule has 106 valence electrons. The van der Waals surface area contributed by atoms with Crippen LogP contribution in [0, 0.1) is 5.92 Å². The van der Waals surface area contributed by atoms with Crippen molar-refractivity contribution in [3.8, 4) is 0 Å². The fourth-order valence-corrected chi connectivity index (χ4v) is 3.68. The summed E-state index contributed by atoms with van der Waals surface area (Å²) >= 11 is 0. The van der Waals surface area contributed by atoms with E-state index in [1.54, 1.807) is 0 Å². The molecule has 0 aliphatic heterocycles. The van der Waals surface area contributed by atoms with E-state index < -0.39 is 16.0 Å². The molecule has 1 saturated carbocycles. The standard InChI is InChI=1S/C12H17NO5S/c1-8(9-4-2-3-5-9)13-19(16,17)11-7-6-10(18-11)12(14)15/h6-9,13H,2-5H2,1H3,(H,14,15)/t8-/m0/s1. The Morgan fingerprint density at radius 2 is 2.05 bits per heavy atom. The lowest BCUT2D eigenvalue weighted by Crippen LogP contribution is -2.37. The summed E-state index contributed by atoms with van der Waals surface area (Å²) in [6.07, 6.45) is 4.28. The first-order valence-electron chi connectivity index (χ1n) is 6.25. The Balaban J connectivity index is 2.10. The molecule has 7 heteroatoms. The fraction of sp³-hybridized carbons (Fsp3) is 0.583. The monoisotopic (exact) mass is 287 g/mol. The van der Waals surface area contributed by atoms with Gasteiger partial charge in [0.15, 0.2) is 0 Å². The van der Waals surface area contributed by atoms with Crippen molar-refractivity contribution >= 4 is 16.0 Å². The first kappa shape index (κ1) is 14.1. The van der Waals surface area contributed by atoms with E-state index in [1.807, 2.05) is 6.92 Å². The van der Waals surface area contributed by atoms with E-state index in [1.165, 1.54) is 0 Å². The quantitative estimate of drug-likeness (QED) is 0.861. The van der Waals surface area contributed by atoms with Crippen LogP contribution in [-0.4, -0.2) is 25.5 Å². The third kappa shape index (κ3) is 3.16. The van der Waals surface area contributed by atoms with Crippen molar-refractivity contribution < 1.29 is 22.7 Å². The predicted octanol–water partition coefficient (Wildman–Crippen LogP) is 1.83. The van der Waals surface area contributed by atoms with Crippen LogP contribution in [0.15, 0.2) is 21.6 Å². The number of carbonyl (C=O) groups is 1. The lowest BCUT2D eigenvalue weighted by molar-refractivity contribution is 0.0656. The van der Waals surface area contributed by atoms with Gasteiger partial charge < -0.3 is 9.52 Å². The highest BCUT2D eigenvalue weighted by Crippen LogP contribution is 2.28. The SMILES string of the molecule is C[C@H](NS(=O)(=O)c1ccc(C(=O)O)o1)C1CCCC1. The Hall–Kier alpha value is -1.34. The fourth-order valence-electron chi connectivity index (χ4n) is 2.44. The zero-order valence-corrected chi connectivity index (χ0v) is 11.4. The van der Waals surface area contributed by atoms with Crippen LogP contribution in [0.5, 0.6) is 0 Å². The molecule has 6 nitrogen and oxygen atoms in total. The van der Waals surface area contributed by atoms with Crippen LogP contribution < -0.4 is 4.72 Å². The van der Waals surface area contributed by atoms with Crippen molar-refractivity contribution in [1.82, 2.24) is 4.72 Å². The van der Waals surface area contributed by atoms with Crippen molar-refractivity contribution in [3.63, 3.8) is 0 Å². The van der Waals surface area contributed by atoms with Gasteiger partial charge in [-0.15, -0.1) is 0 Å². The number of nitrogens with one attached hydrogen (secondary N) is 1. The highest BCUT2D eigenvalue weighted by molar-refractivity contribution is 7.89. The van der Waals surface area contributed by atoms with Gasteiger partial charge in [-0.1, -0.05) is 12.8 Å². The van der Waals surface area contributed by atoms with Crippen LogP contribution in [0.4, 0.5) is 0 Å². The summed E-state index contributed by atoms with van der Waals surface area (Å²) in [6.45, 7) is 1.83. The molecule has 2 rings (SSSR count). The van der Waals surface area contributed by atoms with Crippen LogP contribution in [0.3, 0.4) is 0 Å². The second-order valence-corrected chi connectivity index (χ2v) is 6.52. The molecular weight excluding hydrogens is 270 g/mol. The Morgan fingerprint density at radius 1 is 1.42 bits per heavy atom. The van der Waals surface area contributed by atoms with Crippen LogP contribution in [0.2, 0.25) is 0 Å². The second-order valence-electron chi connectivity index (χ2n) is 4.88. The summed E-state index contributed by atoms with van der Waals surface area (Å²) < 4.78 is 31.5. The maximum Gasteiger partial charge on any atom is 0.371 e. The number of rotatable bonds is 5. The third-order valence-electron chi connectivity index (χ3n) is 3.50. The molecule has 0 amide bonds. The van der Waals surface area contributed by atoms with Crippen molar-refractivity contribution in [1.29, 1.82) is 0 Å². The highest BCUT2D eigenvalue weighted by Gasteiger charge is 2.28. The minimum Gasteiger partial charge on any atom is -0.475 e. The number of aromatic carboxylic acids is 1. The molecule has 19 heavy (non-hydrogen) atoms. The van der Waals surface area contributed by atoms with Crippen molar-refractivity contribution in [3.05, 3.63) is 17.9 Å². The topological polar surface area (TPSA) is 96.6 Å². The van der Waals surface area contributed by atoms with E-state index in [2.05, 4.69) is 4.72 Å². The molecule has 0 saturated heterocycles. The van der Waals surface area contributed by atoms with Crippen molar-refractivity contribution in [2.75, 3.05) is 0 Å². The van der Waals surface area contributed by atoms with Gasteiger partial charge in [-0.3, -0.25) is 0 Å². The maximum atomic E-state index is 12.0. The molecule has 1 fully saturated rings. The number of hydrogen-bond acceptors (Lipinski definition) is 4. The first-order valence-corrected chi connectivity index (χ1v) is 7.74. The molecule has 1 aromatic heterocycles. The lowest BCUT2D eigenvalue weighted by Gasteiger charge is -2.19. The molecule has 1 aromatic rings. The van der Waals surface area contributed by atoms with Gasteiger partial charge in [0.1, 0.15) is 0 Å². The molecule has 1 heterocycles. The largest absolute Gasteiger partial charge is 0.475 e. The van der Waals surface area contributed by atoms with Gasteiger partial charge in [0.25, 0.3) is 10.0 Å². The van der Waals surface area contributed by atoms with Crippen LogP contribution >= 0.6 is 0 Å². The summed E-state index contributed by atoms with van der Waals surface area (Å²) in [6, 6.07) is 2.12. The molecule has 2 N–H and O–H groups in total. The van der Waals surface area contributed by atoms with Gasteiger partial charge in [-0.25, -0.2) is 17.9 Å². The number of carboxylic acids is 1. The molecule has 0 aromatic carbocycles. The second kappa shape index (κ2) is 5.34. The number of sulfonamides is 1.